The summed E-state index contributed by atoms with van der Waals surface area (Å²) in [5.74, 6) is 1.39. The van der Waals surface area contributed by atoms with Crippen LogP contribution in [0.3, 0.4) is 0 Å². The van der Waals surface area contributed by atoms with E-state index in [0.717, 1.165) is 16.5 Å². The van der Waals surface area contributed by atoms with Gasteiger partial charge in [0.25, 0.3) is 5.69 Å². The molecule has 9 heteroatoms. The summed E-state index contributed by atoms with van der Waals surface area (Å²) in [6, 6.07) is 16.1. The molecule has 1 amide bonds. The van der Waals surface area contributed by atoms with Crippen molar-refractivity contribution in [3.63, 3.8) is 0 Å². The number of hydrogen-bond donors (Lipinski definition) is 1. The summed E-state index contributed by atoms with van der Waals surface area (Å²) in [5.41, 5.74) is 1.95. The first-order chi connectivity index (χ1) is 13.1. The average Bonchev–Trinajstić information content (AvgIpc) is 3.10. The van der Waals surface area contributed by atoms with Crippen molar-refractivity contribution in [2.75, 3.05) is 5.32 Å². The van der Waals surface area contributed by atoms with Crippen LogP contribution in [0.2, 0.25) is 0 Å². The van der Waals surface area contributed by atoms with E-state index < -0.39 is 4.92 Å². The van der Waals surface area contributed by atoms with Gasteiger partial charge in [0.15, 0.2) is 0 Å². The smallest absolute Gasteiger partial charge is 0.269 e. The predicted molar refractivity (Wildman–Crippen MR) is 107 cm³/mol. The first-order valence-electron chi connectivity index (χ1n) is 8.07. The highest BCUT2D eigenvalue weighted by molar-refractivity contribution is 7.97. The molecule has 27 heavy (non-hydrogen) atoms. The molecule has 0 spiro atoms. The summed E-state index contributed by atoms with van der Waals surface area (Å²) in [4.78, 5) is 22.3. The summed E-state index contributed by atoms with van der Waals surface area (Å²) in [6.07, 6.45) is 0.121. The van der Waals surface area contributed by atoms with E-state index in [-0.39, 0.29) is 18.0 Å². The molecule has 3 aromatic rings. The Morgan fingerprint density at radius 3 is 2.48 bits per heavy atom. The molecule has 0 saturated carbocycles. The number of anilines is 1. The van der Waals surface area contributed by atoms with Crippen LogP contribution >= 0.6 is 23.1 Å². The number of nitro benzene ring substituents is 1. The van der Waals surface area contributed by atoms with Gasteiger partial charge in [-0.05, 0) is 11.1 Å². The zero-order chi connectivity index (χ0) is 19.1. The number of hydrogen-bond acceptors (Lipinski definition) is 7. The molecule has 0 bridgehead atoms. The van der Waals surface area contributed by atoms with E-state index >= 15 is 0 Å². The minimum absolute atomic E-state index is 0.000858. The maximum atomic E-state index is 12.1. The van der Waals surface area contributed by atoms with Crippen molar-refractivity contribution < 1.29 is 9.72 Å². The lowest BCUT2D eigenvalue weighted by molar-refractivity contribution is -0.384. The Kier molecular flexibility index (Phi) is 6.50. The molecule has 0 radical (unpaired) electrons. The normalized spacial score (nSPS) is 10.5. The van der Waals surface area contributed by atoms with Gasteiger partial charge in [0.05, 0.1) is 11.3 Å². The van der Waals surface area contributed by atoms with Crippen molar-refractivity contribution in [1.82, 2.24) is 10.2 Å². The van der Waals surface area contributed by atoms with Crippen molar-refractivity contribution in [3.05, 3.63) is 80.8 Å². The lowest BCUT2D eigenvalue weighted by Crippen LogP contribution is -2.14. The van der Waals surface area contributed by atoms with Crippen LogP contribution < -0.4 is 5.32 Å². The summed E-state index contributed by atoms with van der Waals surface area (Å²) in [5, 5.41) is 22.8. The van der Waals surface area contributed by atoms with Crippen molar-refractivity contribution >= 4 is 39.8 Å². The Hall–Kier alpha value is -2.78. The van der Waals surface area contributed by atoms with Gasteiger partial charge in [0, 0.05) is 23.6 Å². The second kappa shape index (κ2) is 9.24. The van der Waals surface area contributed by atoms with Gasteiger partial charge in [-0.2, -0.15) is 0 Å². The Bertz CT molecular complexity index is 914. The van der Waals surface area contributed by atoms with Gasteiger partial charge in [-0.25, -0.2) is 0 Å². The van der Waals surface area contributed by atoms with Gasteiger partial charge in [-0.15, -0.1) is 22.0 Å². The molecule has 0 aliphatic carbocycles. The molecule has 138 valence electrons. The second-order valence-corrected chi connectivity index (χ2v) is 7.68. The molecule has 1 heterocycles. The highest BCUT2D eigenvalue weighted by Gasteiger charge is 2.10. The SMILES string of the molecule is O=C(Cc1ccc([N+](=O)[O-])cc1)Nc1nnc(CSCc2ccccc2)s1. The van der Waals surface area contributed by atoms with Crippen LogP contribution in [0.5, 0.6) is 0 Å². The Labute approximate surface area is 164 Å². The third kappa shape index (κ3) is 5.87. The molecular weight excluding hydrogens is 384 g/mol. The Balaban J connectivity index is 1.46. The number of nitrogens with zero attached hydrogens (tertiary/aromatic N) is 3. The van der Waals surface area contributed by atoms with Crippen LogP contribution in [-0.2, 0) is 22.7 Å². The number of amides is 1. The first kappa shape index (κ1) is 19.0. The lowest BCUT2D eigenvalue weighted by Gasteiger charge is -2.01. The van der Waals surface area contributed by atoms with Crippen LogP contribution in [-0.4, -0.2) is 21.0 Å². The molecule has 1 aromatic heterocycles. The molecule has 2 aromatic carbocycles. The predicted octanol–water partition coefficient (Wildman–Crippen LogP) is 4.06. The van der Waals surface area contributed by atoms with Gasteiger partial charge in [0.1, 0.15) is 5.01 Å². The quantitative estimate of drug-likeness (QED) is 0.452. The van der Waals surface area contributed by atoms with Gasteiger partial charge in [-0.1, -0.05) is 53.8 Å². The first-order valence-corrected chi connectivity index (χ1v) is 10.0. The number of rotatable bonds is 8. The monoisotopic (exact) mass is 400 g/mol. The van der Waals surface area contributed by atoms with Crippen molar-refractivity contribution in [1.29, 1.82) is 0 Å². The van der Waals surface area contributed by atoms with Crippen molar-refractivity contribution in [3.8, 4) is 0 Å². The fourth-order valence-electron chi connectivity index (χ4n) is 2.28. The minimum atomic E-state index is -0.470. The number of nitro groups is 1. The molecule has 0 aliphatic rings. The van der Waals surface area contributed by atoms with Crippen LogP contribution in [0.4, 0.5) is 10.8 Å². The average molecular weight is 400 g/mol. The topological polar surface area (TPSA) is 98.0 Å². The standard InChI is InChI=1S/C18H16N4O3S2/c23-16(10-13-6-8-15(9-7-13)22(24)25)19-18-21-20-17(27-18)12-26-11-14-4-2-1-3-5-14/h1-9H,10-12H2,(H,19,21,23). The van der Waals surface area contributed by atoms with E-state index in [9.17, 15) is 14.9 Å². The minimum Gasteiger partial charge on any atom is -0.300 e. The summed E-state index contributed by atoms with van der Waals surface area (Å²) >= 11 is 3.09. The van der Waals surface area contributed by atoms with E-state index in [1.54, 1.807) is 23.9 Å². The molecule has 3 rings (SSSR count). The fraction of sp³-hybridized carbons (Fsp3) is 0.167. The largest absolute Gasteiger partial charge is 0.300 e. The van der Waals surface area contributed by atoms with Crippen LogP contribution in [0.15, 0.2) is 54.6 Å². The van der Waals surface area contributed by atoms with Crippen molar-refractivity contribution in [2.24, 2.45) is 0 Å². The van der Waals surface area contributed by atoms with E-state index in [0.29, 0.717) is 10.7 Å². The van der Waals surface area contributed by atoms with Crippen LogP contribution in [0.25, 0.3) is 0 Å². The number of benzene rings is 2. The zero-order valence-corrected chi connectivity index (χ0v) is 15.8. The Morgan fingerprint density at radius 1 is 1.04 bits per heavy atom. The van der Waals surface area contributed by atoms with Crippen LogP contribution in [0.1, 0.15) is 16.1 Å². The number of carbonyl (C=O) groups excluding carboxylic acids is 1. The third-order valence-corrected chi connectivity index (χ3v) is 5.60. The van der Waals surface area contributed by atoms with Gasteiger partial charge >= 0.3 is 0 Å². The molecular formula is C18H16N4O3S2. The molecule has 7 nitrogen and oxygen atoms in total. The number of carbonyl (C=O) groups is 1. The van der Waals surface area contributed by atoms with E-state index in [4.69, 9.17) is 0 Å². The molecule has 0 saturated heterocycles. The number of aromatic nitrogens is 2. The van der Waals surface area contributed by atoms with Crippen molar-refractivity contribution in [2.45, 2.75) is 17.9 Å². The third-order valence-electron chi connectivity index (χ3n) is 3.56. The molecule has 1 N–H and O–H groups in total. The summed E-state index contributed by atoms with van der Waals surface area (Å²) in [6.45, 7) is 0. The molecule has 0 fully saturated rings. The molecule has 0 unspecified atom stereocenters. The van der Waals surface area contributed by atoms with Gasteiger partial charge in [0.2, 0.25) is 11.0 Å². The van der Waals surface area contributed by atoms with E-state index in [2.05, 4.69) is 27.6 Å². The maximum absolute atomic E-state index is 12.1. The van der Waals surface area contributed by atoms with Gasteiger partial charge in [-0.3, -0.25) is 14.9 Å². The highest BCUT2D eigenvalue weighted by atomic mass is 32.2. The number of nitrogens with one attached hydrogen (secondary N) is 1. The summed E-state index contributed by atoms with van der Waals surface area (Å²) in [7, 11) is 0. The lowest BCUT2D eigenvalue weighted by atomic mass is 10.1. The number of non-ortho nitro benzene ring substituents is 1. The second-order valence-electron chi connectivity index (χ2n) is 5.63. The number of thioether (sulfide) groups is 1. The van der Waals surface area contributed by atoms with E-state index in [1.165, 1.54) is 29.0 Å². The molecule has 0 aliphatic heterocycles. The van der Waals surface area contributed by atoms with E-state index in [1.807, 2.05) is 18.2 Å². The fourth-order valence-corrected chi connectivity index (χ4v) is 4.08. The highest BCUT2D eigenvalue weighted by Crippen LogP contribution is 2.23. The zero-order valence-electron chi connectivity index (χ0n) is 14.2. The Morgan fingerprint density at radius 2 is 1.78 bits per heavy atom. The summed E-state index contributed by atoms with van der Waals surface area (Å²) < 4.78 is 0. The molecule has 0 atom stereocenters. The van der Waals surface area contributed by atoms with Crippen LogP contribution in [0, 0.1) is 10.1 Å². The van der Waals surface area contributed by atoms with Gasteiger partial charge < -0.3 is 5.32 Å². The maximum Gasteiger partial charge on any atom is 0.269 e.